The highest BCUT2D eigenvalue weighted by molar-refractivity contribution is 5.77. The number of aliphatic hydroxyl groups is 1. The molecule has 0 aromatic carbocycles. The molecular formula is C34H52O7. The topological polar surface area (TPSA) is 110 Å². The van der Waals surface area contributed by atoms with E-state index < -0.39 is 22.9 Å². The Morgan fingerprint density at radius 1 is 0.878 bits per heavy atom. The molecule has 41 heavy (non-hydrogen) atoms. The van der Waals surface area contributed by atoms with Crippen LogP contribution in [0.1, 0.15) is 113 Å². The van der Waals surface area contributed by atoms with Gasteiger partial charge in [-0.1, -0.05) is 53.2 Å². The summed E-state index contributed by atoms with van der Waals surface area (Å²) in [6.07, 6.45) is 8.42. The number of hydrogen-bond acceptors (Lipinski definition) is 6. The molecule has 10 atom stereocenters. The van der Waals surface area contributed by atoms with Gasteiger partial charge in [0, 0.05) is 25.2 Å². The van der Waals surface area contributed by atoms with Crippen LogP contribution in [0.2, 0.25) is 0 Å². The summed E-state index contributed by atoms with van der Waals surface area (Å²) in [6, 6.07) is 0. The number of esters is 2. The van der Waals surface area contributed by atoms with Gasteiger partial charge in [0.1, 0.15) is 12.7 Å². The molecule has 7 nitrogen and oxygen atoms in total. The second-order valence-electron chi connectivity index (χ2n) is 16.1. The number of carbonyl (C=O) groups is 3. The Morgan fingerprint density at radius 2 is 1.54 bits per heavy atom. The van der Waals surface area contributed by atoms with E-state index in [1.54, 1.807) is 0 Å². The van der Waals surface area contributed by atoms with E-state index in [-0.39, 0.29) is 58.1 Å². The van der Waals surface area contributed by atoms with Crippen LogP contribution >= 0.6 is 0 Å². The van der Waals surface area contributed by atoms with Crippen molar-refractivity contribution in [3.8, 4) is 0 Å². The molecule has 0 aliphatic heterocycles. The van der Waals surface area contributed by atoms with E-state index in [4.69, 9.17) is 9.47 Å². The first-order valence-electron chi connectivity index (χ1n) is 15.8. The SMILES string of the molecule is CC(=O)OCC1(C)C(OC(C)=O)CCC2(C)C1CCC1(C)C2CC=C2C3C(O)C(C)(C)CCC3(C(=O)O)CCC21C. The Balaban J connectivity index is 1.58. The number of rotatable bonds is 4. The van der Waals surface area contributed by atoms with Crippen LogP contribution in [-0.4, -0.2) is 46.9 Å². The summed E-state index contributed by atoms with van der Waals surface area (Å²) in [7, 11) is 0. The minimum atomic E-state index is -0.907. The van der Waals surface area contributed by atoms with E-state index in [1.165, 1.54) is 19.4 Å². The number of aliphatic carboxylic acids is 1. The summed E-state index contributed by atoms with van der Waals surface area (Å²) in [5, 5.41) is 22.4. The second-order valence-corrected chi connectivity index (χ2v) is 16.1. The molecule has 7 heteroatoms. The Hall–Kier alpha value is -1.89. The summed E-state index contributed by atoms with van der Waals surface area (Å²) in [4.78, 5) is 37.0. The van der Waals surface area contributed by atoms with Crippen molar-refractivity contribution in [2.45, 2.75) is 125 Å². The minimum absolute atomic E-state index is 0.0740. The molecule has 5 rings (SSSR count). The van der Waals surface area contributed by atoms with Crippen molar-refractivity contribution >= 4 is 17.9 Å². The van der Waals surface area contributed by atoms with Crippen molar-refractivity contribution in [2.75, 3.05) is 6.61 Å². The zero-order valence-corrected chi connectivity index (χ0v) is 26.5. The molecule has 0 spiro atoms. The summed E-state index contributed by atoms with van der Waals surface area (Å²) in [5.74, 6) is -1.22. The average Bonchev–Trinajstić information content (AvgIpc) is 2.87. The third-order valence-corrected chi connectivity index (χ3v) is 13.9. The van der Waals surface area contributed by atoms with Crippen molar-refractivity contribution in [3.05, 3.63) is 11.6 Å². The number of carboxylic acids is 1. The largest absolute Gasteiger partial charge is 0.481 e. The molecule has 5 aliphatic rings. The minimum Gasteiger partial charge on any atom is -0.481 e. The fourth-order valence-corrected chi connectivity index (χ4v) is 11.3. The quantitative estimate of drug-likeness (QED) is 0.300. The van der Waals surface area contributed by atoms with Crippen LogP contribution in [0.4, 0.5) is 0 Å². The predicted octanol–water partition coefficient (Wildman–Crippen LogP) is 6.32. The second kappa shape index (κ2) is 9.56. The lowest BCUT2D eigenvalue weighted by Gasteiger charge is -2.71. The zero-order valence-electron chi connectivity index (χ0n) is 26.5. The van der Waals surface area contributed by atoms with Crippen LogP contribution in [0.5, 0.6) is 0 Å². The van der Waals surface area contributed by atoms with E-state index in [2.05, 4.69) is 47.6 Å². The molecule has 0 radical (unpaired) electrons. The van der Waals surface area contributed by atoms with E-state index in [0.29, 0.717) is 25.2 Å². The third-order valence-electron chi connectivity index (χ3n) is 13.9. The lowest BCUT2D eigenvalue weighted by atomic mass is 9.33. The summed E-state index contributed by atoms with van der Waals surface area (Å²) >= 11 is 0. The van der Waals surface area contributed by atoms with Gasteiger partial charge in [0.05, 0.1) is 11.5 Å². The molecule has 0 bridgehead atoms. The maximum Gasteiger partial charge on any atom is 0.310 e. The van der Waals surface area contributed by atoms with Crippen LogP contribution in [-0.2, 0) is 23.9 Å². The number of allylic oxidation sites excluding steroid dienone is 1. The highest BCUT2D eigenvalue weighted by atomic mass is 16.6. The highest BCUT2D eigenvalue weighted by Crippen LogP contribution is 2.76. The van der Waals surface area contributed by atoms with Gasteiger partial charge in [-0.2, -0.15) is 0 Å². The summed E-state index contributed by atoms with van der Waals surface area (Å²) < 4.78 is 11.6. The van der Waals surface area contributed by atoms with Gasteiger partial charge in [-0.15, -0.1) is 0 Å². The maximum atomic E-state index is 12.9. The molecule has 0 saturated heterocycles. The van der Waals surface area contributed by atoms with Crippen LogP contribution in [0.15, 0.2) is 11.6 Å². The molecule has 10 unspecified atom stereocenters. The molecule has 0 aromatic heterocycles. The van der Waals surface area contributed by atoms with Crippen molar-refractivity contribution in [2.24, 2.45) is 50.2 Å². The van der Waals surface area contributed by atoms with Crippen molar-refractivity contribution < 1.29 is 34.1 Å². The molecule has 0 amide bonds. The Bertz CT molecular complexity index is 1160. The first-order chi connectivity index (χ1) is 18.9. The van der Waals surface area contributed by atoms with E-state index in [9.17, 15) is 24.6 Å². The Kier molecular flexibility index (Phi) is 7.12. The number of carboxylic acid groups (broad SMARTS) is 1. The highest BCUT2D eigenvalue weighted by Gasteiger charge is 2.71. The monoisotopic (exact) mass is 572 g/mol. The zero-order chi connectivity index (χ0) is 30.4. The van der Waals surface area contributed by atoms with Gasteiger partial charge in [0.25, 0.3) is 0 Å². The molecule has 0 heterocycles. The van der Waals surface area contributed by atoms with Crippen molar-refractivity contribution in [3.63, 3.8) is 0 Å². The smallest absolute Gasteiger partial charge is 0.310 e. The van der Waals surface area contributed by atoms with Gasteiger partial charge in [0.15, 0.2) is 0 Å². The van der Waals surface area contributed by atoms with Crippen molar-refractivity contribution in [1.82, 2.24) is 0 Å². The fourth-order valence-electron chi connectivity index (χ4n) is 11.3. The Morgan fingerprint density at radius 3 is 2.15 bits per heavy atom. The fraction of sp³-hybridized carbons (Fsp3) is 0.853. The van der Waals surface area contributed by atoms with E-state index in [1.807, 2.05) is 0 Å². The first kappa shape index (κ1) is 30.6. The summed E-state index contributed by atoms with van der Waals surface area (Å²) in [5.41, 5.74) is -0.928. The molecule has 4 fully saturated rings. The lowest BCUT2D eigenvalue weighted by Crippen LogP contribution is -2.67. The van der Waals surface area contributed by atoms with Gasteiger partial charge in [-0.25, -0.2) is 0 Å². The van der Waals surface area contributed by atoms with E-state index >= 15 is 0 Å². The maximum absolute atomic E-state index is 12.9. The van der Waals surface area contributed by atoms with Crippen LogP contribution in [0.25, 0.3) is 0 Å². The van der Waals surface area contributed by atoms with Gasteiger partial charge in [-0.05, 0) is 91.3 Å². The van der Waals surface area contributed by atoms with Gasteiger partial charge in [0.2, 0.25) is 0 Å². The predicted molar refractivity (Wildman–Crippen MR) is 155 cm³/mol. The molecule has 2 N–H and O–H groups in total. The number of aliphatic hydroxyl groups excluding tert-OH is 1. The summed E-state index contributed by atoms with van der Waals surface area (Å²) in [6.45, 7) is 16.6. The number of ether oxygens (including phenoxy) is 2. The number of hydrogen-bond donors (Lipinski definition) is 2. The molecular weight excluding hydrogens is 520 g/mol. The molecule has 5 aliphatic carbocycles. The standard InChI is InChI=1S/C34H52O7/c1-20(35)40-19-31(6)23-11-14-33(8)24(30(23,5)13-12-25(31)41-21(2)36)10-9-22-26-27(37)29(3,4)15-17-34(26,28(38)39)18-16-32(22,33)7/h9,23-27,37H,10-19H2,1-8H3,(H,38,39). The normalized spacial score (nSPS) is 48.3. The van der Waals surface area contributed by atoms with Crippen LogP contribution in [0, 0.1) is 50.2 Å². The third kappa shape index (κ3) is 4.10. The molecule has 0 aromatic rings. The van der Waals surface area contributed by atoms with Crippen LogP contribution in [0.3, 0.4) is 0 Å². The first-order valence-corrected chi connectivity index (χ1v) is 15.8. The molecule has 4 saturated carbocycles. The van der Waals surface area contributed by atoms with Crippen LogP contribution < -0.4 is 0 Å². The number of fused-ring (bicyclic) bond motifs is 7. The lowest BCUT2D eigenvalue weighted by molar-refractivity contribution is -0.229. The van der Waals surface area contributed by atoms with Gasteiger partial charge >= 0.3 is 17.9 Å². The van der Waals surface area contributed by atoms with Crippen molar-refractivity contribution in [1.29, 1.82) is 0 Å². The van der Waals surface area contributed by atoms with E-state index in [0.717, 1.165) is 38.5 Å². The average molecular weight is 573 g/mol. The van der Waals surface area contributed by atoms with Gasteiger partial charge < -0.3 is 19.7 Å². The van der Waals surface area contributed by atoms with Gasteiger partial charge in [-0.3, -0.25) is 14.4 Å². The molecule has 230 valence electrons. The number of carbonyl (C=O) groups excluding carboxylic acids is 2. The Labute approximate surface area is 245 Å².